The number of carbonyl (C=O) groups is 2. The molecule has 0 bridgehead atoms. The van der Waals surface area contributed by atoms with Gasteiger partial charge in [0.2, 0.25) is 0 Å². The Balaban J connectivity index is 0. The highest BCUT2D eigenvalue weighted by Crippen LogP contribution is 1.78. The Morgan fingerprint density at radius 1 is 1.36 bits per heavy atom. The maximum Gasteiger partial charge on any atom is 0.505 e. The molecule has 0 aromatic carbocycles. The van der Waals surface area contributed by atoms with Crippen LogP contribution in [0.15, 0.2) is 0 Å². The van der Waals surface area contributed by atoms with Gasteiger partial charge < -0.3 is 19.8 Å². The molecule has 0 aliphatic carbocycles. The topological polar surface area (TPSA) is 136 Å². The Bertz CT molecular complexity index is 186. The average molecular weight is 232 g/mol. The molecule has 0 aromatic rings. The maximum atomic E-state index is 9.60. The third-order valence-electron chi connectivity index (χ3n) is 0.506. The average Bonchev–Trinajstić information content (AvgIpc) is 1.96. The quantitative estimate of drug-likeness (QED) is 0.238. The second-order valence-electron chi connectivity index (χ2n) is 1.42. The van der Waals surface area contributed by atoms with Crippen LogP contribution in [0.2, 0.25) is 0 Å². The van der Waals surface area contributed by atoms with Crippen molar-refractivity contribution < 1.29 is 34.5 Å². The largest absolute Gasteiger partial charge is 0.505 e. The van der Waals surface area contributed by atoms with Gasteiger partial charge in [0, 0.05) is 11.6 Å². The van der Waals surface area contributed by atoms with E-state index in [9.17, 15) is 14.9 Å². The Labute approximate surface area is 81.9 Å². The summed E-state index contributed by atoms with van der Waals surface area (Å²) in [5, 5.41) is 23.4. The highest BCUT2D eigenvalue weighted by molar-refractivity contribution is 6.60. The van der Waals surface area contributed by atoms with E-state index < -0.39 is 16.7 Å². The third-order valence-corrected chi connectivity index (χ3v) is 0.506. The van der Waals surface area contributed by atoms with E-state index in [1.807, 2.05) is 0 Å². The lowest BCUT2D eigenvalue weighted by molar-refractivity contribution is -0.757. The van der Waals surface area contributed by atoms with Crippen molar-refractivity contribution in [3.05, 3.63) is 10.1 Å². The van der Waals surface area contributed by atoms with Crippen LogP contribution in [0, 0.1) is 10.1 Å². The summed E-state index contributed by atoms with van der Waals surface area (Å²) in [5.41, 5.74) is -1.36. The van der Waals surface area contributed by atoms with E-state index in [0.29, 0.717) is 0 Å². The van der Waals surface area contributed by atoms with Gasteiger partial charge in [-0.1, -0.05) is 0 Å². The van der Waals surface area contributed by atoms with Gasteiger partial charge in [-0.3, -0.25) is 0 Å². The Morgan fingerprint density at radius 3 is 2.07 bits per heavy atom. The molecule has 10 heteroatoms. The minimum Gasteiger partial charge on any atom is -0.469 e. The lowest BCUT2D eigenvalue weighted by atomic mass is 10.8. The van der Waals surface area contributed by atoms with Crippen molar-refractivity contribution in [3.63, 3.8) is 0 Å². The lowest BCUT2D eigenvalue weighted by Gasteiger charge is -1.96. The minimum atomic E-state index is -1.48. The first-order valence-corrected chi connectivity index (χ1v) is 3.25. The van der Waals surface area contributed by atoms with Crippen molar-refractivity contribution in [1.29, 1.82) is 0 Å². The smallest absolute Gasteiger partial charge is 0.469 e. The fraction of sp³-hybridized carbons (Fsp3) is 0.500. The summed E-state index contributed by atoms with van der Waals surface area (Å²) in [7, 11) is 0. The maximum absolute atomic E-state index is 9.60. The van der Waals surface area contributed by atoms with E-state index >= 15 is 0 Å². The first kappa shape index (κ1) is 14.7. The van der Waals surface area contributed by atoms with Gasteiger partial charge in [-0.25, -0.2) is 9.59 Å². The molecule has 0 aliphatic heterocycles. The Kier molecular flexibility index (Phi) is 9.81. The first-order chi connectivity index (χ1) is 6.36. The molecular formula is C4H6ClNO8. The minimum absolute atomic E-state index is 0.337. The van der Waals surface area contributed by atoms with E-state index in [0.717, 1.165) is 0 Å². The molecule has 14 heavy (non-hydrogen) atoms. The van der Waals surface area contributed by atoms with Crippen LogP contribution < -0.4 is 0 Å². The zero-order valence-electron chi connectivity index (χ0n) is 6.58. The summed E-state index contributed by atoms with van der Waals surface area (Å²) in [4.78, 5) is 31.5. The molecule has 0 aliphatic rings. The zero-order valence-corrected chi connectivity index (χ0v) is 7.34. The van der Waals surface area contributed by atoms with Gasteiger partial charge in [0.1, 0.15) is 13.2 Å². The number of ether oxygens (including phenoxy) is 1. The molecule has 0 saturated heterocycles. The molecule has 0 saturated carbocycles. The predicted molar refractivity (Wildman–Crippen MR) is 40.8 cm³/mol. The third kappa shape index (κ3) is 31.9. The van der Waals surface area contributed by atoms with Crippen LogP contribution in [0.1, 0.15) is 0 Å². The molecule has 0 aromatic heterocycles. The molecule has 0 fully saturated rings. The molecule has 82 valence electrons. The molecule has 0 rings (SSSR count). The van der Waals surface area contributed by atoms with E-state index in [4.69, 9.17) is 15.0 Å². The van der Waals surface area contributed by atoms with Crippen LogP contribution >= 0.6 is 11.6 Å². The predicted octanol–water partition coefficient (Wildman–Crippen LogP) is 0.792. The summed E-state index contributed by atoms with van der Waals surface area (Å²) < 4.78 is 3.88. The lowest BCUT2D eigenvalue weighted by Crippen LogP contribution is -2.11. The van der Waals surface area contributed by atoms with Gasteiger partial charge in [-0.15, -0.1) is 10.1 Å². The first-order valence-electron chi connectivity index (χ1n) is 2.87. The van der Waals surface area contributed by atoms with E-state index in [1.54, 1.807) is 0 Å². The molecule has 0 unspecified atom stereocenters. The van der Waals surface area contributed by atoms with Crippen molar-refractivity contribution in [2.45, 2.75) is 0 Å². The van der Waals surface area contributed by atoms with Crippen molar-refractivity contribution in [1.82, 2.24) is 0 Å². The summed E-state index contributed by atoms with van der Waals surface area (Å²) in [6.07, 6.45) is -1.48. The van der Waals surface area contributed by atoms with Crippen LogP contribution in [0.25, 0.3) is 0 Å². The van der Waals surface area contributed by atoms with E-state index in [1.165, 1.54) is 0 Å². The van der Waals surface area contributed by atoms with Gasteiger partial charge in [-0.05, 0) is 0 Å². The molecule has 0 amide bonds. The van der Waals surface area contributed by atoms with Crippen LogP contribution in [-0.2, 0) is 9.57 Å². The van der Waals surface area contributed by atoms with Crippen molar-refractivity contribution >= 4 is 23.2 Å². The second-order valence-corrected chi connectivity index (χ2v) is 1.75. The normalized spacial score (nSPS) is 7.79. The van der Waals surface area contributed by atoms with Gasteiger partial charge in [0.15, 0.2) is 0 Å². The molecule has 0 radical (unpaired) electrons. The van der Waals surface area contributed by atoms with Crippen LogP contribution in [0.3, 0.4) is 0 Å². The molecule has 9 nitrogen and oxygen atoms in total. The van der Waals surface area contributed by atoms with Crippen LogP contribution in [-0.4, -0.2) is 40.1 Å². The van der Waals surface area contributed by atoms with Crippen molar-refractivity contribution in [3.8, 4) is 0 Å². The highest BCUT2D eigenvalue weighted by Gasteiger charge is 1.97. The highest BCUT2D eigenvalue weighted by atomic mass is 35.5. The summed E-state index contributed by atoms with van der Waals surface area (Å²) in [6.45, 7) is -0.713. The standard InChI is InChI=1S/C3H5NO6.CHClO2/c5-3(6)9-1-2-10-4(7)8;2-1(3)4/h1-2H2,(H,5,6);(H,3,4). The van der Waals surface area contributed by atoms with Crippen LogP contribution in [0.5, 0.6) is 0 Å². The summed E-state index contributed by atoms with van der Waals surface area (Å²) in [5.74, 6) is 0. The number of nitrogens with zero attached hydrogens (tertiary/aromatic N) is 1. The van der Waals surface area contributed by atoms with Gasteiger partial charge >= 0.3 is 11.6 Å². The van der Waals surface area contributed by atoms with E-state index in [-0.39, 0.29) is 13.2 Å². The molecule has 0 spiro atoms. The zero-order chi connectivity index (χ0) is 11.6. The second kappa shape index (κ2) is 9.32. The van der Waals surface area contributed by atoms with Gasteiger partial charge in [0.05, 0.1) is 0 Å². The number of carboxylic acid groups (broad SMARTS) is 2. The molecule has 0 heterocycles. The summed E-state index contributed by atoms with van der Waals surface area (Å²) in [6, 6.07) is 0. The molecular weight excluding hydrogens is 225 g/mol. The number of hydrogen-bond donors (Lipinski definition) is 2. The summed E-state index contributed by atoms with van der Waals surface area (Å²) >= 11 is 4.19. The number of halogens is 1. The fourth-order valence-electron chi connectivity index (χ4n) is 0.241. The fourth-order valence-corrected chi connectivity index (χ4v) is 0.241. The number of hydrogen-bond acceptors (Lipinski definition) is 6. The molecule has 2 N–H and O–H groups in total. The van der Waals surface area contributed by atoms with E-state index in [2.05, 4.69) is 21.2 Å². The van der Waals surface area contributed by atoms with Crippen molar-refractivity contribution in [2.24, 2.45) is 0 Å². The van der Waals surface area contributed by atoms with Crippen LogP contribution in [0.4, 0.5) is 9.59 Å². The van der Waals surface area contributed by atoms with Gasteiger partial charge in [0.25, 0.3) is 5.09 Å². The SMILES string of the molecule is O=C(O)Cl.O=C(O)OCCO[N+](=O)[O-]. The van der Waals surface area contributed by atoms with Gasteiger partial charge in [-0.2, -0.15) is 0 Å². The monoisotopic (exact) mass is 231 g/mol. The van der Waals surface area contributed by atoms with Crippen molar-refractivity contribution in [2.75, 3.05) is 13.2 Å². The molecule has 0 atom stereocenters. The number of rotatable bonds is 4. The Morgan fingerprint density at radius 2 is 1.79 bits per heavy atom. The Hall–Kier alpha value is -1.77.